The quantitative estimate of drug-likeness (QED) is 0.611. The highest BCUT2D eigenvalue weighted by molar-refractivity contribution is 8.60. The molecule has 6 heteroatoms. The molecule has 0 rings (SSSR count). The fraction of sp³-hybridized carbons (Fsp3) is 1.00. The van der Waals surface area contributed by atoms with E-state index < -0.39 is 28.4 Å². The van der Waals surface area contributed by atoms with E-state index in [4.69, 9.17) is 0 Å². The van der Waals surface area contributed by atoms with Gasteiger partial charge in [-0.2, -0.15) is 13.2 Å². The highest BCUT2D eigenvalue weighted by Crippen LogP contribution is 2.88. The molecular weight excluding hydrogens is 210 g/mol. The summed E-state index contributed by atoms with van der Waals surface area (Å²) in [5.41, 5.74) is 0. The molecule has 0 saturated heterocycles. The molecule has 0 aliphatic heterocycles. The van der Waals surface area contributed by atoms with Crippen molar-refractivity contribution in [3.8, 4) is 0 Å². The van der Waals surface area contributed by atoms with E-state index in [0.29, 0.717) is 0 Å². The van der Waals surface area contributed by atoms with Gasteiger partial charge < -0.3 is 0 Å². The minimum absolute atomic E-state index is 0.823. The lowest BCUT2D eigenvalue weighted by atomic mass is 11.6. The van der Waals surface area contributed by atoms with Gasteiger partial charge in [-0.3, -0.25) is 0 Å². The molecule has 0 atom stereocenters. The predicted octanol–water partition coefficient (Wildman–Crippen LogP) is 4.30. The van der Waals surface area contributed by atoms with Crippen LogP contribution in [0.25, 0.3) is 0 Å². The molecule has 68 valence electrons. The summed E-state index contributed by atoms with van der Waals surface area (Å²) in [7, 11) is -3.34. The Hall–Kier alpha value is 1.08. The van der Waals surface area contributed by atoms with Crippen LogP contribution in [0.2, 0.25) is 0 Å². The maximum absolute atomic E-state index is 12.3. The van der Waals surface area contributed by atoms with E-state index in [-0.39, 0.29) is 0 Å². The standard InChI is InChI=1S/C5H12F3P3/c1-9(2)11(10(3)4)5(6,7)8/h1-4H3. The van der Waals surface area contributed by atoms with Gasteiger partial charge in [0.2, 0.25) is 0 Å². The molecule has 0 amide bonds. The van der Waals surface area contributed by atoms with Crippen LogP contribution in [-0.2, 0) is 0 Å². The van der Waals surface area contributed by atoms with Crippen molar-refractivity contribution in [2.45, 2.75) is 5.92 Å². The molecule has 0 aromatic rings. The largest absolute Gasteiger partial charge is 0.413 e. The van der Waals surface area contributed by atoms with Crippen LogP contribution in [0.1, 0.15) is 0 Å². The summed E-state index contributed by atoms with van der Waals surface area (Å²) < 4.78 is 36.8. The Bertz CT molecular complexity index is 113. The smallest absolute Gasteiger partial charge is 0.166 e. The number of hydrogen-bond donors (Lipinski definition) is 0. The van der Waals surface area contributed by atoms with Gasteiger partial charge in [-0.05, 0) is 26.7 Å². The molecule has 0 bridgehead atoms. The van der Waals surface area contributed by atoms with Crippen molar-refractivity contribution < 1.29 is 13.2 Å². The Morgan fingerprint density at radius 3 is 1.09 bits per heavy atom. The van der Waals surface area contributed by atoms with Crippen LogP contribution in [0, 0.1) is 0 Å². The Morgan fingerprint density at radius 2 is 1.09 bits per heavy atom. The van der Waals surface area contributed by atoms with Crippen molar-refractivity contribution in [1.29, 1.82) is 0 Å². The van der Waals surface area contributed by atoms with Gasteiger partial charge in [-0.25, -0.2) is 0 Å². The van der Waals surface area contributed by atoms with E-state index in [9.17, 15) is 13.2 Å². The zero-order valence-corrected chi connectivity index (χ0v) is 9.66. The highest BCUT2D eigenvalue weighted by atomic mass is 32.5. The van der Waals surface area contributed by atoms with E-state index in [1.165, 1.54) is 0 Å². The van der Waals surface area contributed by atoms with E-state index in [1.807, 2.05) is 0 Å². The molecule has 0 spiro atoms. The Labute approximate surface area is 69.0 Å². The summed E-state index contributed by atoms with van der Waals surface area (Å²) in [4.78, 5) is 0. The van der Waals surface area contributed by atoms with Gasteiger partial charge in [-0.15, -0.1) is 0 Å². The van der Waals surface area contributed by atoms with E-state index in [0.717, 1.165) is 0 Å². The second kappa shape index (κ2) is 4.35. The molecule has 0 aromatic carbocycles. The first-order valence-electron chi connectivity index (χ1n) is 2.98. The zero-order chi connectivity index (χ0) is 9.23. The molecule has 0 nitrogen and oxygen atoms in total. The number of rotatable bonds is 2. The average Bonchev–Trinajstić information content (AvgIpc) is 1.54. The summed E-state index contributed by atoms with van der Waals surface area (Å²) >= 11 is 0. The third kappa shape index (κ3) is 4.02. The van der Waals surface area contributed by atoms with Crippen LogP contribution in [0.5, 0.6) is 0 Å². The maximum atomic E-state index is 12.3. The highest BCUT2D eigenvalue weighted by Gasteiger charge is 2.43. The van der Waals surface area contributed by atoms with Crippen molar-refractivity contribution in [1.82, 2.24) is 0 Å². The number of halogens is 3. The summed E-state index contributed by atoms with van der Waals surface area (Å²) in [6.45, 7) is 6.88. The van der Waals surface area contributed by atoms with Crippen molar-refractivity contribution in [3.63, 3.8) is 0 Å². The van der Waals surface area contributed by atoms with Crippen molar-refractivity contribution in [2.75, 3.05) is 26.7 Å². The molecular formula is C5H12F3P3. The van der Waals surface area contributed by atoms with Crippen LogP contribution in [-0.4, -0.2) is 32.6 Å². The molecule has 0 aromatic heterocycles. The normalized spacial score (nSPS) is 13.6. The maximum Gasteiger partial charge on any atom is 0.413 e. The number of alkyl halides is 3. The first-order chi connectivity index (χ1) is 4.76. The van der Waals surface area contributed by atoms with E-state index in [1.54, 1.807) is 26.7 Å². The van der Waals surface area contributed by atoms with Gasteiger partial charge in [0.25, 0.3) is 0 Å². The van der Waals surface area contributed by atoms with Crippen molar-refractivity contribution >= 4 is 22.5 Å². The fourth-order valence-corrected chi connectivity index (χ4v) is 13.7. The Kier molecular flexibility index (Phi) is 4.78. The second-order valence-electron chi connectivity index (χ2n) is 2.45. The third-order valence-corrected chi connectivity index (χ3v) is 15.3. The van der Waals surface area contributed by atoms with Crippen LogP contribution < -0.4 is 0 Å². The summed E-state index contributed by atoms with van der Waals surface area (Å²) in [5, 5.41) is 0. The monoisotopic (exact) mass is 222 g/mol. The Morgan fingerprint density at radius 1 is 0.818 bits per heavy atom. The summed E-state index contributed by atoms with van der Waals surface area (Å²) in [5.74, 6) is -3.92. The van der Waals surface area contributed by atoms with Gasteiger partial charge in [0.15, 0.2) is 0 Å². The van der Waals surface area contributed by atoms with Crippen LogP contribution in [0.15, 0.2) is 0 Å². The van der Waals surface area contributed by atoms with Gasteiger partial charge in [0.05, 0.1) is 7.30 Å². The topological polar surface area (TPSA) is 0 Å². The van der Waals surface area contributed by atoms with Crippen molar-refractivity contribution in [3.05, 3.63) is 0 Å². The predicted molar refractivity (Wildman–Crippen MR) is 50.5 cm³/mol. The minimum Gasteiger partial charge on any atom is -0.166 e. The lowest BCUT2D eigenvalue weighted by Crippen LogP contribution is -2.01. The summed E-state index contributed by atoms with van der Waals surface area (Å²) in [6, 6.07) is 0. The molecule has 0 N–H and O–H groups in total. The van der Waals surface area contributed by atoms with Crippen LogP contribution in [0.3, 0.4) is 0 Å². The molecule has 0 aliphatic rings. The van der Waals surface area contributed by atoms with Gasteiger partial charge >= 0.3 is 5.92 Å². The first kappa shape index (κ1) is 12.1. The first-order valence-corrected chi connectivity index (χ1v) is 10.2. The second-order valence-corrected chi connectivity index (χ2v) is 15.1. The van der Waals surface area contributed by atoms with Gasteiger partial charge in [-0.1, -0.05) is 15.2 Å². The SMILES string of the molecule is CP(C)P(P(C)C)C(F)(F)F. The molecule has 0 saturated carbocycles. The van der Waals surface area contributed by atoms with Gasteiger partial charge in [0, 0.05) is 0 Å². The average molecular weight is 222 g/mol. The lowest BCUT2D eigenvalue weighted by molar-refractivity contribution is -0.0362. The third-order valence-electron chi connectivity index (χ3n) is 0.985. The lowest BCUT2D eigenvalue weighted by Gasteiger charge is -2.27. The molecule has 0 fully saturated rings. The Balaban J connectivity index is 4.35. The van der Waals surface area contributed by atoms with Gasteiger partial charge in [0.1, 0.15) is 0 Å². The van der Waals surface area contributed by atoms with E-state index >= 15 is 0 Å². The molecule has 11 heavy (non-hydrogen) atoms. The van der Waals surface area contributed by atoms with Crippen molar-refractivity contribution in [2.24, 2.45) is 0 Å². The van der Waals surface area contributed by atoms with Crippen LogP contribution in [0.4, 0.5) is 13.2 Å². The fourth-order valence-electron chi connectivity index (χ4n) is 0.811. The molecule has 0 aliphatic carbocycles. The summed E-state index contributed by atoms with van der Waals surface area (Å²) in [6.07, 6.45) is 0. The molecule has 0 radical (unpaired) electrons. The minimum atomic E-state index is -3.92. The molecule has 0 heterocycles. The number of hydrogen-bond acceptors (Lipinski definition) is 0. The van der Waals surface area contributed by atoms with Crippen LogP contribution >= 0.6 is 22.5 Å². The molecule has 0 unspecified atom stereocenters. The zero-order valence-electron chi connectivity index (χ0n) is 6.98. The van der Waals surface area contributed by atoms with E-state index in [2.05, 4.69) is 0 Å².